The van der Waals surface area contributed by atoms with Gasteiger partial charge < -0.3 is 10.2 Å². The number of nitrogens with zero attached hydrogens (tertiary/aromatic N) is 2. The number of piperidine rings is 1. The molecule has 1 aromatic rings. The third-order valence-corrected chi connectivity index (χ3v) is 6.16. The Hall–Kier alpha value is -1.71. The first-order chi connectivity index (χ1) is 12.5. The maximum atomic E-state index is 12.5. The van der Waals surface area contributed by atoms with Crippen molar-refractivity contribution in [3.8, 4) is 0 Å². The number of hydrogen-bond acceptors (Lipinski definition) is 6. The lowest BCUT2D eigenvalue weighted by Crippen LogP contribution is -2.40. The Morgan fingerprint density at radius 3 is 2.41 bits per heavy atom. The molecule has 1 saturated heterocycles. The van der Waals surface area contributed by atoms with E-state index in [4.69, 9.17) is 0 Å². The summed E-state index contributed by atoms with van der Waals surface area (Å²) in [5, 5.41) is 14.7. The molecule has 1 fully saturated rings. The minimum Gasteiger partial charge on any atom is -0.377 e. The molecule has 1 aromatic carbocycles. The number of likely N-dealkylation sites (tertiary alicyclic amines) is 1. The second kappa shape index (κ2) is 8.53. The van der Waals surface area contributed by atoms with E-state index in [1.54, 1.807) is 20.8 Å². The lowest BCUT2D eigenvalue weighted by molar-refractivity contribution is -0.384. The molecule has 0 aromatic heterocycles. The van der Waals surface area contributed by atoms with Crippen LogP contribution in [0, 0.1) is 10.1 Å². The molecule has 0 unspecified atom stereocenters. The number of benzene rings is 1. The summed E-state index contributed by atoms with van der Waals surface area (Å²) < 4.78 is 27.4. The zero-order chi connectivity index (χ0) is 20.2. The van der Waals surface area contributed by atoms with E-state index in [9.17, 15) is 18.5 Å². The zero-order valence-electron chi connectivity index (χ0n) is 16.5. The van der Waals surface area contributed by atoms with Gasteiger partial charge in [0.15, 0.2) is 0 Å². The monoisotopic (exact) mass is 398 g/mol. The first-order valence-corrected chi connectivity index (χ1v) is 10.8. The molecule has 2 N–H and O–H groups in total. The van der Waals surface area contributed by atoms with Gasteiger partial charge >= 0.3 is 0 Å². The van der Waals surface area contributed by atoms with Crippen molar-refractivity contribution in [2.75, 3.05) is 25.0 Å². The summed E-state index contributed by atoms with van der Waals surface area (Å²) in [6.07, 6.45) is 2.92. The summed E-state index contributed by atoms with van der Waals surface area (Å²) in [5.41, 5.74) is -0.525. The molecule has 0 amide bonds. The van der Waals surface area contributed by atoms with Gasteiger partial charge in [-0.25, -0.2) is 13.1 Å². The Labute approximate surface area is 161 Å². The van der Waals surface area contributed by atoms with Gasteiger partial charge in [-0.05, 0) is 58.7 Å². The maximum absolute atomic E-state index is 12.5. The molecule has 0 bridgehead atoms. The van der Waals surface area contributed by atoms with E-state index in [1.807, 2.05) is 0 Å². The molecule has 0 atom stereocenters. The van der Waals surface area contributed by atoms with Crippen molar-refractivity contribution in [3.63, 3.8) is 0 Å². The van der Waals surface area contributed by atoms with Gasteiger partial charge in [-0.15, -0.1) is 0 Å². The van der Waals surface area contributed by atoms with Gasteiger partial charge in [0, 0.05) is 30.7 Å². The second-order valence-corrected chi connectivity index (χ2v) is 9.73. The number of sulfonamides is 1. The fraction of sp³-hybridized carbons (Fsp3) is 0.667. The second-order valence-electron chi connectivity index (χ2n) is 8.05. The van der Waals surface area contributed by atoms with Gasteiger partial charge in [-0.1, -0.05) is 6.92 Å². The van der Waals surface area contributed by atoms with E-state index in [-0.39, 0.29) is 16.6 Å². The van der Waals surface area contributed by atoms with Crippen LogP contribution >= 0.6 is 0 Å². The predicted molar refractivity (Wildman–Crippen MR) is 107 cm³/mol. The largest absolute Gasteiger partial charge is 0.377 e. The van der Waals surface area contributed by atoms with Crippen LogP contribution in [0.5, 0.6) is 0 Å². The quantitative estimate of drug-likeness (QED) is 0.540. The summed E-state index contributed by atoms with van der Waals surface area (Å²) in [4.78, 5) is 13.3. The Morgan fingerprint density at radius 1 is 1.26 bits per heavy atom. The molecule has 0 aliphatic carbocycles. The minimum atomic E-state index is -3.83. The van der Waals surface area contributed by atoms with Crippen LogP contribution in [0.3, 0.4) is 0 Å². The lowest BCUT2D eigenvalue weighted by Gasteiger charge is -2.32. The molecular formula is C18H30N4O4S. The third-order valence-electron chi connectivity index (χ3n) is 4.40. The molecule has 1 heterocycles. The summed E-state index contributed by atoms with van der Waals surface area (Å²) in [7, 11) is -3.83. The van der Waals surface area contributed by atoms with Gasteiger partial charge in [0.25, 0.3) is 5.69 Å². The third kappa shape index (κ3) is 6.15. The Bertz CT molecular complexity index is 766. The summed E-state index contributed by atoms with van der Waals surface area (Å²) in [6.45, 7) is 10.3. The van der Waals surface area contributed by atoms with Crippen molar-refractivity contribution in [1.29, 1.82) is 0 Å². The van der Waals surface area contributed by atoms with Crippen LogP contribution in [-0.4, -0.2) is 49.5 Å². The summed E-state index contributed by atoms with van der Waals surface area (Å²) in [6, 6.07) is 4.18. The molecule has 9 heteroatoms. The molecule has 0 spiro atoms. The van der Waals surface area contributed by atoms with E-state index in [0.717, 1.165) is 45.0 Å². The van der Waals surface area contributed by atoms with Crippen molar-refractivity contribution in [1.82, 2.24) is 9.62 Å². The van der Waals surface area contributed by atoms with Crippen molar-refractivity contribution in [2.45, 2.75) is 63.4 Å². The van der Waals surface area contributed by atoms with E-state index in [1.165, 1.54) is 12.1 Å². The average Bonchev–Trinajstić information content (AvgIpc) is 2.54. The van der Waals surface area contributed by atoms with Crippen LogP contribution in [0.1, 0.15) is 47.0 Å². The van der Waals surface area contributed by atoms with Crippen molar-refractivity contribution in [3.05, 3.63) is 28.3 Å². The SMILES string of the molecule is CCCN1CCC(Nc2ccc(S(=O)(=O)NC(C)(C)C)cc2[N+](=O)[O-])CC1. The Morgan fingerprint density at radius 2 is 1.89 bits per heavy atom. The highest BCUT2D eigenvalue weighted by Crippen LogP contribution is 2.30. The minimum absolute atomic E-state index is 0.104. The molecule has 152 valence electrons. The van der Waals surface area contributed by atoms with Crippen molar-refractivity contribution in [2.24, 2.45) is 0 Å². The number of anilines is 1. The van der Waals surface area contributed by atoms with E-state index in [2.05, 4.69) is 21.9 Å². The smallest absolute Gasteiger partial charge is 0.293 e. The highest BCUT2D eigenvalue weighted by atomic mass is 32.2. The van der Waals surface area contributed by atoms with Gasteiger partial charge in [-0.2, -0.15) is 0 Å². The first kappa shape index (κ1) is 21.6. The van der Waals surface area contributed by atoms with E-state index >= 15 is 0 Å². The number of nitro groups is 1. The van der Waals surface area contributed by atoms with Gasteiger partial charge in [0.05, 0.1) is 9.82 Å². The normalized spacial score (nSPS) is 17.0. The molecule has 8 nitrogen and oxygen atoms in total. The molecule has 1 aliphatic heterocycles. The summed E-state index contributed by atoms with van der Waals surface area (Å²) >= 11 is 0. The van der Waals surface area contributed by atoms with Crippen LogP contribution in [-0.2, 0) is 10.0 Å². The van der Waals surface area contributed by atoms with Crippen LogP contribution in [0.2, 0.25) is 0 Å². The number of nitrogens with one attached hydrogen (secondary N) is 2. The number of rotatable bonds is 7. The standard InChI is InChI=1S/C18H30N4O4S/c1-5-10-21-11-8-14(9-12-21)19-16-7-6-15(13-17(16)22(23)24)27(25,26)20-18(2,3)4/h6-7,13-14,19-20H,5,8-12H2,1-4H3. The highest BCUT2D eigenvalue weighted by molar-refractivity contribution is 7.89. The molecule has 27 heavy (non-hydrogen) atoms. The highest BCUT2D eigenvalue weighted by Gasteiger charge is 2.27. The molecule has 1 aliphatic rings. The maximum Gasteiger partial charge on any atom is 0.293 e. The van der Waals surface area contributed by atoms with Crippen molar-refractivity contribution >= 4 is 21.4 Å². The van der Waals surface area contributed by atoms with Crippen LogP contribution in [0.25, 0.3) is 0 Å². The van der Waals surface area contributed by atoms with Crippen LogP contribution in [0.4, 0.5) is 11.4 Å². The van der Waals surface area contributed by atoms with E-state index in [0.29, 0.717) is 5.69 Å². The fourth-order valence-corrected chi connectivity index (χ4v) is 4.69. The van der Waals surface area contributed by atoms with Gasteiger partial charge in [0.2, 0.25) is 10.0 Å². The Balaban J connectivity index is 2.18. The summed E-state index contributed by atoms with van der Waals surface area (Å²) in [5.74, 6) is 0. The zero-order valence-corrected chi connectivity index (χ0v) is 17.3. The first-order valence-electron chi connectivity index (χ1n) is 9.33. The lowest BCUT2D eigenvalue weighted by atomic mass is 10.0. The number of hydrogen-bond donors (Lipinski definition) is 2. The average molecular weight is 399 g/mol. The molecule has 0 radical (unpaired) electrons. The molecular weight excluding hydrogens is 368 g/mol. The van der Waals surface area contributed by atoms with Crippen molar-refractivity contribution < 1.29 is 13.3 Å². The van der Waals surface area contributed by atoms with Gasteiger partial charge in [-0.3, -0.25) is 10.1 Å². The topological polar surface area (TPSA) is 105 Å². The van der Waals surface area contributed by atoms with Crippen LogP contribution < -0.4 is 10.0 Å². The van der Waals surface area contributed by atoms with Crippen LogP contribution in [0.15, 0.2) is 23.1 Å². The number of nitro benzene ring substituents is 1. The fourth-order valence-electron chi connectivity index (χ4n) is 3.25. The Kier molecular flexibility index (Phi) is 6.82. The molecule has 2 rings (SSSR count). The van der Waals surface area contributed by atoms with Gasteiger partial charge in [0.1, 0.15) is 5.69 Å². The molecule has 0 saturated carbocycles. The van der Waals surface area contributed by atoms with E-state index < -0.39 is 20.5 Å². The predicted octanol–water partition coefficient (Wildman–Crippen LogP) is 2.96.